The van der Waals surface area contributed by atoms with E-state index in [1.54, 1.807) is 7.05 Å². The predicted octanol–water partition coefficient (Wildman–Crippen LogP) is 3.21. The number of anilines is 1. The molecule has 0 saturated heterocycles. The number of aromatic nitrogens is 3. The highest BCUT2D eigenvalue weighted by molar-refractivity contribution is 5.72. The summed E-state index contributed by atoms with van der Waals surface area (Å²) in [7, 11) is 1.69. The highest BCUT2D eigenvalue weighted by Gasteiger charge is 2.31. The van der Waals surface area contributed by atoms with Crippen molar-refractivity contribution >= 4 is 5.69 Å². The van der Waals surface area contributed by atoms with Crippen LogP contribution in [0.15, 0.2) is 18.2 Å². The molecule has 2 N–H and O–H groups in total. The first-order valence-corrected chi connectivity index (χ1v) is 6.08. The lowest BCUT2D eigenvalue weighted by molar-refractivity contribution is -0.137. The highest BCUT2D eigenvalue weighted by atomic mass is 19.4. The van der Waals surface area contributed by atoms with Crippen LogP contribution >= 0.6 is 0 Å². The van der Waals surface area contributed by atoms with E-state index in [0.717, 1.165) is 12.1 Å². The number of rotatable bonds is 2. The lowest BCUT2D eigenvalue weighted by Crippen LogP contribution is -2.06. The van der Waals surface area contributed by atoms with E-state index < -0.39 is 11.7 Å². The van der Waals surface area contributed by atoms with E-state index >= 15 is 0 Å². The van der Waals surface area contributed by atoms with E-state index in [0.29, 0.717) is 17.2 Å². The van der Waals surface area contributed by atoms with Crippen LogP contribution in [0, 0.1) is 0 Å². The zero-order valence-corrected chi connectivity index (χ0v) is 11.4. The minimum atomic E-state index is -4.41. The van der Waals surface area contributed by atoms with Crippen molar-refractivity contribution in [2.24, 2.45) is 7.05 Å². The second-order valence-electron chi connectivity index (χ2n) is 4.87. The summed E-state index contributed by atoms with van der Waals surface area (Å²) in [5, 5.41) is 4.23. The molecule has 0 atom stereocenters. The first-order valence-electron chi connectivity index (χ1n) is 6.08. The van der Waals surface area contributed by atoms with E-state index in [1.807, 2.05) is 13.8 Å². The molecule has 0 saturated carbocycles. The normalized spacial score (nSPS) is 12.2. The van der Waals surface area contributed by atoms with E-state index in [9.17, 15) is 13.2 Å². The average Bonchev–Trinajstić information content (AvgIpc) is 2.70. The molecule has 1 aromatic heterocycles. The summed E-state index contributed by atoms with van der Waals surface area (Å²) in [6.07, 6.45) is -4.41. The maximum absolute atomic E-state index is 12.6. The molecular formula is C13H15F3N4. The van der Waals surface area contributed by atoms with Gasteiger partial charge < -0.3 is 5.73 Å². The molecule has 1 heterocycles. The molecule has 0 aliphatic heterocycles. The number of nitrogens with two attached hydrogens (primary N) is 1. The summed E-state index contributed by atoms with van der Waals surface area (Å²) in [5.74, 6) is 1.22. The Morgan fingerprint density at radius 2 is 1.90 bits per heavy atom. The number of halogens is 3. The van der Waals surface area contributed by atoms with Gasteiger partial charge >= 0.3 is 6.18 Å². The SMILES string of the molecule is CC(C)c1nc(-c2ccc(C(F)(F)F)cc2N)n(C)n1. The molecule has 108 valence electrons. The fourth-order valence-electron chi connectivity index (χ4n) is 1.83. The molecule has 0 spiro atoms. The predicted molar refractivity (Wildman–Crippen MR) is 69.9 cm³/mol. The summed E-state index contributed by atoms with van der Waals surface area (Å²) < 4.78 is 39.3. The van der Waals surface area contributed by atoms with Crippen LogP contribution < -0.4 is 5.73 Å². The minimum Gasteiger partial charge on any atom is -0.398 e. The molecule has 0 radical (unpaired) electrons. The molecule has 7 heteroatoms. The molecule has 4 nitrogen and oxygen atoms in total. The number of nitrogen functional groups attached to an aromatic ring is 1. The van der Waals surface area contributed by atoms with Gasteiger partial charge in [0.1, 0.15) is 0 Å². The van der Waals surface area contributed by atoms with Crippen LogP contribution in [0.1, 0.15) is 31.2 Å². The third-order valence-electron chi connectivity index (χ3n) is 2.92. The maximum atomic E-state index is 12.6. The first-order chi connectivity index (χ1) is 9.20. The third kappa shape index (κ3) is 2.61. The molecule has 20 heavy (non-hydrogen) atoms. The number of hydrogen-bond acceptors (Lipinski definition) is 3. The van der Waals surface area contributed by atoms with Gasteiger partial charge in [-0.3, -0.25) is 0 Å². The summed E-state index contributed by atoms with van der Waals surface area (Å²) >= 11 is 0. The Hall–Kier alpha value is -2.05. The minimum absolute atomic E-state index is 0.0330. The Bertz CT molecular complexity index is 629. The van der Waals surface area contributed by atoms with Gasteiger partial charge in [0.25, 0.3) is 0 Å². The largest absolute Gasteiger partial charge is 0.416 e. The fraction of sp³-hybridized carbons (Fsp3) is 0.385. The van der Waals surface area contributed by atoms with Gasteiger partial charge in [0.05, 0.1) is 5.56 Å². The zero-order valence-electron chi connectivity index (χ0n) is 11.4. The van der Waals surface area contributed by atoms with Crippen molar-refractivity contribution in [2.45, 2.75) is 25.9 Å². The average molecular weight is 284 g/mol. The van der Waals surface area contributed by atoms with Gasteiger partial charge in [-0.2, -0.15) is 18.3 Å². The van der Waals surface area contributed by atoms with Crippen molar-refractivity contribution in [3.05, 3.63) is 29.6 Å². The molecule has 0 amide bonds. The molecule has 0 aliphatic rings. The number of benzene rings is 1. The van der Waals surface area contributed by atoms with Crippen LogP contribution in [-0.2, 0) is 13.2 Å². The van der Waals surface area contributed by atoms with Crippen molar-refractivity contribution < 1.29 is 13.2 Å². The standard InChI is InChI=1S/C13H15F3N4/c1-7(2)11-18-12(20(3)19-11)9-5-4-8(6-10(9)17)13(14,15)16/h4-7H,17H2,1-3H3. The summed E-state index contributed by atoms with van der Waals surface area (Å²) in [6.45, 7) is 3.88. The number of nitrogens with zero attached hydrogens (tertiary/aromatic N) is 3. The van der Waals surface area contributed by atoms with Crippen molar-refractivity contribution in [3.8, 4) is 11.4 Å². The zero-order chi connectivity index (χ0) is 15.1. The van der Waals surface area contributed by atoms with Gasteiger partial charge in [-0.1, -0.05) is 13.8 Å². The van der Waals surface area contributed by atoms with Crippen LogP contribution in [0.4, 0.5) is 18.9 Å². The lowest BCUT2D eigenvalue weighted by Gasteiger charge is -2.10. The smallest absolute Gasteiger partial charge is 0.398 e. The molecule has 0 aliphatic carbocycles. The number of aryl methyl sites for hydroxylation is 1. The van der Waals surface area contributed by atoms with Gasteiger partial charge in [-0.15, -0.1) is 0 Å². The number of hydrogen-bond donors (Lipinski definition) is 1. The Morgan fingerprint density at radius 1 is 1.25 bits per heavy atom. The van der Waals surface area contributed by atoms with Gasteiger partial charge in [0.15, 0.2) is 11.6 Å². The van der Waals surface area contributed by atoms with Crippen LogP contribution in [0.2, 0.25) is 0 Å². The molecule has 0 unspecified atom stereocenters. The molecule has 0 bridgehead atoms. The molecular weight excluding hydrogens is 269 g/mol. The van der Waals surface area contributed by atoms with Gasteiger partial charge in [0.2, 0.25) is 0 Å². The van der Waals surface area contributed by atoms with E-state index in [1.165, 1.54) is 10.7 Å². The van der Waals surface area contributed by atoms with Crippen LogP contribution in [0.5, 0.6) is 0 Å². The topological polar surface area (TPSA) is 56.7 Å². The fourth-order valence-corrected chi connectivity index (χ4v) is 1.83. The van der Waals surface area contributed by atoms with Crippen LogP contribution in [0.25, 0.3) is 11.4 Å². The van der Waals surface area contributed by atoms with Gasteiger partial charge in [-0.25, -0.2) is 9.67 Å². The molecule has 0 fully saturated rings. The number of alkyl halides is 3. The summed E-state index contributed by atoms with van der Waals surface area (Å²) in [5.41, 5.74) is 5.43. The quantitative estimate of drug-likeness (QED) is 0.861. The Balaban J connectivity index is 2.49. The Morgan fingerprint density at radius 3 is 2.35 bits per heavy atom. The van der Waals surface area contributed by atoms with E-state index in [2.05, 4.69) is 10.1 Å². The van der Waals surface area contributed by atoms with Crippen molar-refractivity contribution in [3.63, 3.8) is 0 Å². The maximum Gasteiger partial charge on any atom is 0.416 e. The second-order valence-corrected chi connectivity index (χ2v) is 4.87. The van der Waals surface area contributed by atoms with Crippen molar-refractivity contribution in [1.82, 2.24) is 14.8 Å². The van der Waals surface area contributed by atoms with Crippen LogP contribution in [0.3, 0.4) is 0 Å². The van der Waals surface area contributed by atoms with Gasteiger partial charge in [0, 0.05) is 24.2 Å². The van der Waals surface area contributed by atoms with Crippen molar-refractivity contribution in [1.29, 1.82) is 0 Å². The van der Waals surface area contributed by atoms with Crippen molar-refractivity contribution in [2.75, 3.05) is 5.73 Å². The van der Waals surface area contributed by atoms with E-state index in [-0.39, 0.29) is 11.6 Å². The summed E-state index contributed by atoms with van der Waals surface area (Å²) in [6, 6.07) is 3.24. The monoisotopic (exact) mass is 284 g/mol. The Labute approximate surface area is 114 Å². The summed E-state index contributed by atoms with van der Waals surface area (Å²) in [4.78, 5) is 4.32. The Kier molecular flexibility index (Phi) is 3.45. The third-order valence-corrected chi connectivity index (χ3v) is 2.92. The second kappa shape index (κ2) is 4.81. The highest BCUT2D eigenvalue weighted by Crippen LogP contribution is 2.34. The van der Waals surface area contributed by atoms with E-state index in [4.69, 9.17) is 5.73 Å². The molecule has 1 aromatic carbocycles. The van der Waals surface area contributed by atoms with Gasteiger partial charge in [-0.05, 0) is 18.2 Å². The molecule has 2 rings (SSSR count). The van der Waals surface area contributed by atoms with Crippen LogP contribution in [-0.4, -0.2) is 14.8 Å². The molecule has 2 aromatic rings. The lowest BCUT2D eigenvalue weighted by atomic mass is 10.1. The first kappa shape index (κ1) is 14.4.